The number of hydrogen-bond donors (Lipinski definition) is 0. The maximum absolute atomic E-state index is 12.0. The van der Waals surface area contributed by atoms with Crippen molar-refractivity contribution in [3.63, 3.8) is 0 Å². The number of carbonyl (C=O) groups excluding carboxylic acids is 2. The average Bonchev–Trinajstić information content (AvgIpc) is 3.02. The summed E-state index contributed by atoms with van der Waals surface area (Å²) < 4.78 is 15.7. The van der Waals surface area contributed by atoms with Gasteiger partial charge in [-0.15, -0.1) is 0 Å². The summed E-state index contributed by atoms with van der Waals surface area (Å²) in [5.74, 6) is -0.547. The molecule has 0 spiro atoms. The Hall–Kier alpha value is -2.50. The maximum Gasteiger partial charge on any atom is 0.342 e. The van der Waals surface area contributed by atoms with Gasteiger partial charge >= 0.3 is 11.9 Å². The molecule has 0 saturated carbocycles. The van der Waals surface area contributed by atoms with Gasteiger partial charge in [-0.05, 0) is 23.8 Å². The summed E-state index contributed by atoms with van der Waals surface area (Å²) in [6, 6.07) is 13.6. The van der Waals surface area contributed by atoms with Crippen molar-refractivity contribution >= 4 is 40.7 Å². The monoisotopic (exact) mass is 392 g/mol. The number of ether oxygens (including phenoxy) is 3. The highest BCUT2D eigenvalue weighted by molar-refractivity contribution is 6.42. The van der Waals surface area contributed by atoms with Crippen LogP contribution in [0.15, 0.2) is 54.3 Å². The molecular weight excluding hydrogens is 379 g/mol. The molecule has 7 heteroatoms. The molecule has 26 heavy (non-hydrogen) atoms. The van der Waals surface area contributed by atoms with E-state index in [0.29, 0.717) is 21.9 Å². The topological polar surface area (TPSA) is 61.8 Å². The first-order valence-electron chi connectivity index (χ1n) is 7.77. The number of halogens is 2. The molecule has 0 N–H and O–H groups in total. The van der Waals surface area contributed by atoms with Crippen LogP contribution in [-0.4, -0.2) is 31.8 Å². The van der Waals surface area contributed by atoms with Gasteiger partial charge in [-0.1, -0.05) is 53.5 Å². The molecule has 0 radical (unpaired) electrons. The predicted molar refractivity (Wildman–Crippen MR) is 97.0 cm³/mol. The zero-order chi connectivity index (χ0) is 18.5. The molecule has 1 aliphatic heterocycles. The summed E-state index contributed by atoms with van der Waals surface area (Å²) in [4.78, 5) is 23.9. The summed E-state index contributed by atoms with van der Waals surface area (Å²) in [6.07, 6.45) is 0. The van der Waals surface area contributed by atoms with E-state index in [-0.39, 0.29) is 24.8 Å². The highest BCUT2D eigenvalue weighted by Crippen LogP contribution is 2.27. The van der Waals surface area contributed by atoms with Crippen LogP contribution in [0, 0.1) is 0 Å². The summed E-state index contributed by atoms with van der Waals surface area (Å²) in [5.41, 5.74) is 1.40. The van der Waals surface area contributed by atoms with Crippen molar-refractivity contribution in [2.75, 3.05) is 19.8 Å². The third-order valence-electron chi connectivity index (χ3n) is 3.63. The Morgan fingerprint density at radius 1 is 1.04 bits per heavy atom. The standard InChI is InChI=1S/C19H14Cl2O5/c20-14-7-6-13(10-15(14)21)18(22)25-9-8-24-16-11-26-19(23)17(16)12-4-2-1-3-5-12/h1-7,10H,8-9,11H2. The third kappa shape index (κ3) is 4.18. The average molecular weight is 393 g/mol. The van der Waals surface area contributed by atoms with Gasteiger partial charge in [0.2, 0.25) is 0 Å². The molecule has 3 rings (SSSR count). The molecule has 0 fully saturated rings. The van der Waals surface area contributed by atoms with Crippen LogP contribution in [0.1, 0.15) is 15.9 Å². The van der Waals surface area contributed by atoms with Gasteiger partial charge in [0, 0.05) is 0 Å². The van der Waals surface area contributed by atoms with Crippen molar-refractivity contribution in [3.05, 3.63) is 75.5 Å². The lowest BCUT2D eigenvalue weighted by molar-refractivity contribution is -0.134. The fraction of sp³-hybridized carbons (Fsp3) is 0.158. The SMILES string of the molecule is O=C1OCC(OCCOC(=O)c2ccc(Cl)c(Cl)c2)=C1c1ccccc1. The molecular formula is C19H14Cl2O5. The Morgan fingerprint density at radius 3 is 2.54 bits per heavy atom. The molecule has 134 valence electrons. The van der Waals surface area contributed by atoms with Crippen LogP contribution in [0.5, 0.6) is 0 Å². The Kier molecular flexibility index (Phi) is 5.81. The van der Waals surface area contributed by atoms with E-state index in [1.54, 1.807) is 12.1 Å². The van der Waals surface area contributed by atoms with Gasteiger partial charge in [-0.2, -0.15) is 0 Å². The van der Waals surface area contributed by atoms with Gasteiger partial charge in [0.15, 0.2) is 0 Å². The van der Waals surface area contributed by atoms with Crippen molar-refractivity contribution in [3.8, 4) is 0 Å². The predicted octanol–water partition coefficient (Wildman–Crippen LogP) is 4.13. The molecule has 0 aliphatic carbocycles. The van der Waals surface area contributed by atoms with Gasteiger partial charge < -0.3 is 14.2 Å². The summed E-state index contributed by atoms with van der Waals surface area (Å²) in [7, 11) is 0. The van der Waals surface area contributed by atoms with Crippen molar-refractivity contribution in [1.29, 1.82) is 0 Å². The second-order valence-electron chi connectivity index (χ2n) is 5.35. The first-order valence-corrected chi connectivity index (χ1v) is 8.52. The van der Waals surface area contributed by atoms with Crippen LogP contribution in [0.4, 0.5) is 0 Å². The Morgan fingerprint density at radius 2 is 1.81 bits per heavy atom. The van der Waals surface area contributed by atoms with Gasteiger partial charge in [-0.25, -0.2) is 9.59 Å². The van der Waals surface area contributed by atoms with Crippen molar-refractivity contribution in [1.82, 2.24) is 0 Å². The Bertz CT molecular complexity index is 861. The van der Waals surface area contributed by atoms with Gasteiger partial charge in [0.1, 0.15) is 31.2 Å². The summed E-state index contributed by atoms with van der Waals surface area (Å²) in [6.45, 7) is 0.165. The van der Waals surface area contributed by atoms with Crippen LogP contribution in [0.25, 0.3) is 5.57 Å². The zero-order valence-electron chi connectivity index (χ0n) is 13.5. The number of hydrogen-bond acceptors (Lipinski definition) is 5. The fourth-order valence-electron chi connectivity index (χ4n) is 2.39. The van der Waals surface area contributed by atoms with Crippen LogP contribution < -0.4 is 0 Å². The van der Waals surface area contributed by atoms with E-state index in [1.807, 2.05) is 18.2 Å². The molecule has 1 aliphatic rings. The van der Waals surface area contributed by atoms with Crippen molar-refractivity contribution in [2.24, 2.45) is 0 Å². The van der Waals surface area contributed by atoms with Crippen LogP contribution in [0.2, 0.25) is 10.0 Å². The van der Waals surface area contributed by atoms with Crippen molar-refractivity contribution < 1.29 is 23.8 Å². The molecule has 0 saturated heterocycles. The first kappa shape index (κ1) is 18.3. The van der Waals surface area contributed by atoms with Crippen LogP contribution in [0.3, 0.4) is 0 Å². The minimum absolute atomic E-state index is 0.0127. The van der Waals surface area contributed by atoms with Crippen molar-refractivity contribution in [2.45, 2.75) is 0 Å². The number of esters is 2. The Balaban J connectivity index is 1.57. The molecule has 0 atom stereocenters. The molecule has 0 aromatic heterocycles. The van der Waals surface area contributed by atoms with Gasteiger partial charge in [-0.3, -0.25) is 0 Å². The number of rotatable bonds is 6. The summed E-state index contributed by atoms with van der Waals surface area (Å²) in [5, 5.41) is 0.634. The van der Waals surface area contributed by atoms with Gasteiger partial charge in [0.25, 0.3) is 0 Å². The maximum atomic E-state index is 12.0. The van der Waals surface area contributed by atoms with Gasteiger partial charge in [0.05, 0.1) is 15.6 Å². The smallest absolute Gasteiger partial charge is 0.342 e. The molecule has 0 bridgehead atoms. The highest BCUT2D eigenvalue weighted by Gasteiger charge is 2.27. The lowest BCUT2D eigenvalue weighted by Crippen LogP contribution is -2.11. The minimum Gasteiger partial charge on any atom is -0.490 e. The third-order valence-corrected chi connectivity index (χ3v) is 4.37. The fourth-order valence-corrected chi connectivity index (χ4v) is 2.69. The number of carbonyl (C=O) groups is 2. The summed E-state index contributed by atoms with van der Waals surface area (Å²) >= 11 is 11.7. The molecule has 0 unspecified atom stereocenters. The van der Waals surface area contributed by atoms with E-state index in [4.69, 9.17) is 37.4 Å². The quantitative estimate of drug-likeness (QED) is 0.546. The van der Waals surface area contributed by atoms with Crippen LogP contribution in [-0.2, 0) is 19.0 Å². The molecule has 0 amide bonds. The molecule has 1 heterocycles. The van der Waals surface area contributed by atoms with E-state index in [1.165, 1.54) is 18.2 Å². The van der Waals surface area contributed by atoms with E-state index >= 15 is 0 Å². The highest BCUT2D eigenvalue weighted by atomic mass is 35.5. The number of benzene rings is 2. The second kappa shape index (κ2) is 8.25. The largest absolute Gasteiger partial charge is 0.490 e. The minimum atomic E-state index is -0.539. The van der Waals surface area contributed by atoms with E-state index in [2.05, 4.69) is 0 Å². The van der Waals surface area contributed by atoms with Crippen LogP contribution >= 0.6 is 23.2 Å². The number of cyclic esters (lactones) is 1. The molecule has 2 aromatic rings. The Labute approximate surface area is 160 Å². The lowest BCUT2D eigenvalue weighted by Gasteiger charge is -2.09. The second-order valence-corrected chi connectivity index (χ2v) is 6.17. The van der Waals surface area contributed by atoms with E-state index < -0.39 is 11.9 Å². The first-order chi connectivity index (χ1) is 12.6. The lowest BCUT2D eigenvalue weighted by atomic mass is 10.1. The van der Waals surface area contributed by atoms with E-state index in [9.17, 15) is 9.59 Å². The zero-order valence-corrected chi connectivity index (χ0v) is 15.0. The molecule has 2 aromatic carbocycles. The van der Waals surface area contributed by atoms with E-state index in [0.717, 1.165) is 5.56 Å². The normalized spacial score (nSPS) is 13.5. The molecule has 5 nitrogen and oxygen atoms in total.